The average molecular weight is 138 g/mol. The molecule has 0 aromatic heterocycles. The molecule has 0 saturated heterocycles. The van der Waals surface area contributed by atoms with Gasteiger partial charge in [-0.3, -0.25) is 15.0 Å². The molecular formula is C6H6N2O2. The minimum absolute atomic E-state index is 0.303. The molecule has 1 N–H and O–H groups in total. The van der Waals surface area contributed by atoms with Crippen molar-refractivity contribution in [1.29, 1.82) is 0 Å². The Bertz CT molecular complexity index is 208. The number of hydrogen-bond acceptors (Lipinski definition) is 3. The fourth-order valence-electron chi connectivity index (χ4n) is 0.612. The first kappa shape index (κ1) is 6.54. The van der Waals surface area contributed by atoms with Gasteiger partial charge in [0.05, 0.1) is 0 Å². The molecule has 52 valence electrons. The lowest BCUT2D eigenvalue weighted by atomic mass is 10.4. The van der Waals surface area contributed by atoms with Crippen LogP contribution in [0.3, 0.4) is 0 Å². The summed E-state index contributed by atoms with van der Waals surface area (Å²) in [6.45, 7) is 0. The first-order valence-electron chi connectivity index (χ1n) is 2.71. The van der Waals surface area contributed by atoms with E-state index in [4.69, 9.17) is 0 Å². The molecule has 1 aliphatic rings. The number of nitrogens with zero attached hydrogens (tertiary/aromatic N) is 1. The van der Waals surface area contributed by atoms with Crippen LogP contribution in [0, 0.1) is 0 Å². The second kappa shape index (κ2) is 2.82. The Labute approximate surface area is 57.8 Å². The molecule has 0 radical (unpaired) electrons. The predicted molar refractivity (Wildman–Crippen MR) is 34.3 cm³/mol. The third kappa shape index (κ3) is 1.05. The van der Waals surface area contributed by atoms with E-state index in [2.05, 4.69) is 5.43 Å². The van der Waals surface area contributed by atoms with Gasteiger partial charge in [-0.15, -0.1) is 0 Å². The highest BCUT2D eigenvalue weighted by Crippen LogP contribution is 1.98. The summed E-state index contributed by atoms with van der Waals surface area (Å²) in [5.74, 6) is 0. The van der Waals surface area contributed by atoms with E-state index in [-0.39, 0.29) is 0 Å². The maximum absolute atomic E-state index is 10.2. The molecule has 0 unspecified atom stereocenters. The van der Waals surface area contributed by atoms with Gasteiger partial charge in [0.2, 0.25) is 6.41 Å². The minimum atomic E-state index is 0.303. The van der Waals surface area contributed by atoms with E-state index < -0.39 is 0 Å². The summed E-state index contributed by atoms with van der Waals surface area (Å²) < 4.78 is 0. The van der Waals surface area contributed by atoms with Crippen LogP contribution in [0.15, 0.2) is 24.0 Å². The maximum atomic E-state index is 10.2. The van der Waals surface area contributed by atoms with E-state index >= 15 is 0 Å². The molecule has 0 fully saturated rings. The quantitative estimate of drug-likeness (QED) is 0.526. The molecule has 1 amide bonds. The van der Waals surface area contributed by atoms with Crippen molar-refractivity contribution in [3.63, 3.8) is 0 Å². The summed E-state index contributed by atoms with van der Waals surface area (Å²) in [5.41, 5.74) is 2.86. The molecule has 1 rings (SSSR count). The summed E-state index contributed by atoms with van der Waals surface area (Å²) in [4.78, 5) is 20.3. The highest BCUT2D eigenvalue weighted by Gasteiger charge is 2.05. The van der Waals surface area contributed by atoms with Crippen LogP contribution in [0.1, 0.15) is 0 Å². The van der Waals surface area contributed by atoms with Crippen LogP contribution in [-0.2, 0) is 9.59 Å². The first-order chi connectivity index (χ1) is 4.88. The normalized spacial score (nSPS) is 15.6. The Morgan fingerprint density at radius 1 is 1.50 bits per heavy atom. The first-order valence-corrected chi connectivity index (χ1v) is 2.71. The van der Waals surface area contributed by atoms with E-state index in [9.17, 15) is 9.59 Å². The van der Waals surface area contributed by atoms with E-state index in [0.29, 0.717) is 18.4 Å². The monoisotopic (exact) mass is 138 g/mol. The second-order valence-corrected chi connectivity index (χ2v) is 1.67. The predicted octanol–water partition coefficient (Wildman–Crippen LogP) is -0.441. The van der Waals surface area contributed by atoms with Gasteiger partial charge in [-0.25, -0.2) is 5.01 Å². The average Bonchev–Trinajstić information content (AvgIpc) is 2.04. The lowest BCUT2D eigenvalue weighted by molar-refractivity contribution is -0.120. The van der Waals surface area contributed by atoms with Gasteiger partial charge in [-0.05, 0) is 12.2 Å². The zero-order chi connectivity index (χ0) is 7.40. The SMILES string of the molecule is O=CC1=CC=CNN1C=O. The van der Waals surface area contributed by atoms with Crippen molar-refractivity contribution in [3.05, 3.63) is 24.0 Å². The van der Waals surface area contributed by atoms with Crippen molar-refractivity contribution in [2.45, 2.75) is 0 Å². The van der Waals surface area contributed by atoms with E-state index in [0.717, 1.165) is 5.01 Å². The summed E-state index contributed by atoms with van der Waals surface area (Å²) in [7, 11) is 0. The second-order valence-electron chi connectivity index (χ2n) is 1.67. The molecule has 0 aliphatic carbocycles. The maximum Gasteiger partial charge on any atom is 0.232 e. The fourth-order valence-corrected chi connectivity index (χ4v) is 0.612. The van der Waals surface area contributed by atoms with Gasteiger partial charge in [0.25, 0.3) is 0 Å². The Morgan fingerprint density at radius 3 is 2.80 bits per heavy atom. The largest absolute Gasteiger partial charge is 0.299 e. The zero-order valence-corrected chi connectivity index (χ0v) is 5.15. The van der Waals surface area contributed by atoms with Crippen LogP contribution in [0.2, 0.25) is 0 Å². The zero-order valence-electron chi connectivity index (χ0n) is 5.15. The third-order valence-corrected chi connectivity index (χ3v) is 1.08. The number of hydrogen-bond donors (Lipinski definition) is 1. The molecule has 1 heterocycles. The van der Waals surface area contributed by atoms with Crippen molar-refractivity contribution in [2.24, 2.45) is 0 Å². The molecular weight excluding hydrogens is 132 g/mol. The number of carbonyl (C=O) groups excluding carboxylic acids is 2. The number of hydrazine groups is 1. The van der Waals surface area contributed by atoms with Gasteiger partial charge in [0, 0.05) is 6.20 Å². The lowest BCUT2D eigenvalue weighted by Gasteiger charge is -2.18. The topological polar surface area (TPSA) is 49.4 Å². The van der Waals surface area contributed by atoms with Crippen LogP contribution in [0.5, 0.6) is 0 Å². The molecule has 0 atom stereocenters. The smallest absolute Gasteiger partial charge is 0.232 e. The molecule has 10 heavy (non-hydrogen) atoms. The number of carbonyl (C=O) groups is 2. The lowest BCUT2D eigenvalue weighted by Crippen LogP contribution is -2.34. The van der Waals surface area contributed by atoms with E-state index in [1.807, 2.05) is 0 Å². The van der Waals surface area contributed by atoms with Gasteiger partial charge >= 0.3 is 0 Å². The Balaban J connectivity index is 2.79. The molecule has 0 aromatic carbocycles. The van der Waals surface area contributed by atoms with Crippen LogP contribution in [0.25, 0.3) is 0 Å². The van der Waals surface area contributed by atoms with Gasteiger partial charge in [0.15, 0.2) is 6.29 Å². The molecule has 1 aliphatic heterocycles. The summed E-state index contributed by atoms with van der Waals surface area (Å²) in [6.07, 6.45) is 5.87. The van der Waals surface area contributed by atoms with Gasteiger partial charge in [-0.1, -0.05) is 0 Å². The van der Waals surface area contributed by atoms with Crippen LogP contribution >= 0.6 is 0 Å². The minimum Gasteiger partial charge on any atom is -0.299 e. The summed E-state index contributed by atoms with van der Waals surface area (Å²) in [6, 6.07) is 0. The van der Waals surface area contributed by atoms with Crippen LogP contribution in [0.4, 0.5) is 0 Å². The number of amides is 1. The van der Waals surface area contributed by atoms with Gasteiger partial charge < -0.3 is 0 Å². The third-order valence-electron chi connectivity index (χ3n) is 1.08. The molecule has 4 nitrogen and oxygen atoms in total. The number of rotatable bonds is 2. The highest BCUT2D eigenvalue weighted by molar-refractivity contribution is 5.77. The Hall–Kier alpha value is -1.58. The van der Waals surface area contributed by atoms with Crippen molar-refractivity contribution >= 4 is 12.7 Å². The number of aldehydes is 1. The van der Waals surface area contributed by atoms with Gasteiger partial charge in [-0.2, -0.15) is 0 Å². The van der Waals surface area contributed by atoms with Crippen molar-refractivity contribution in [1.82, 2.24) is 10.4 Å². The van der Waals surface area contributed by atoms with E-state index in [1.54, 1.807) is 12.3 Å². The Kier molecular flexibility index (Phi) is 1.84. The number of nitrogens with one attached hydrogen (secondary N) is 1. The van der Waals surface area contributed by atoms with Gasteiger partial charge in [0.1, 0.15) is 5.70 Å². The highest BCUT2D eigenvalue weighted by atomic mass is 16.2. The molecule has 0 aromatic rings. The molecule has 0 saturated carbocycles. The molecule has 0 bridgehead atoms. The Morgan fingerprint density at radius 2 is 2.30 bits per heavy atom. The summed E-state index contributed by atoms with van der Waals surface area (Å²) in [5, 5.41) is 1.09. The van der Waals surface area contributed by atoms with Crippen molar-refractivity contribution < 1.29 is 9.59 Å². The van der Waals surface area contributed by atoms with Crippen molar-refractivity contribution in [2.75, 3.05) is 0 Å². The number of allylic oxidation sites excluding steroid dienone is 3. The molecule has 4 heteroatoms. The van der Waals surface area contributed by atoms with E-state index in [1.165, 1.54) is 6.08 Å². The van der Waals surface area contributed by atoms with Crippen LogP contribution < -0.4 is 5.43 Å². The van der Waals surface area contributed by atoms with Crippen LogP contribution in [-0.4, -0.2) is 17.7 Å². The molecule has 0 spiro atoms. The fraction of sp³-hybridized carbons (Fsp3) is 0. The standard InChI is InChI=1S/C6H6N2O2/c9-4-6-2-1-3-7-8(6)5-10/h1-5,7H. The van der Waals surface area contributed by atoms with Crippen molar-refractivity contribution in [3.8, 4) is 0 Å². The summed E-state index contributed by atoms with van der Waals surface area (Å²) >= 11 is 0.